The lowest BCUT2D eigenvalue weighted by atomic mass is 10.3. The minimum atomic E-state index is -0.492. The maximum absolute atomic E-state index is 11.7. The molecule has 2 heterocycles. The maximum atomic E-state index is 11.7. The molecule has 0 aliphatic carbocycles. The second kappa shape index (κ2) is 8.31. The zero-order valence-corrected chi connectivity index (χ0v) is 13.1. The van der Waals surface area contributed by atoms with Crippen molar-refractivity contribution >= 4 is 11.9 Å². The zero-order valence-electron chi connectivity index (χ0n) is 13.1. The second-order valence-electron chi connectivity index (χ2n) is 5.52. The van der Waals surface area contributed by atoms with Crippen LogP contribution in [0.1, 0.15) is 6.92 Å². The molecule has 2 aliphatic rings. The molecule has 0 saturated carbocycles. The predicted octanol–water partition coefficient (Wildman–Crippen LogP) is 0.121. The van der Waals surface area contributed by atoms with Crippen LogP contribution in [0.25, 0.3) is 0 Å². The molecule has 7 nitrogen and oxygen atoms in total. The number of amidine groups is 1. The molecule has 0 atom stereocenters. The van der Waals surface area contributed by atoms with Crippen molar-refractivity contribution in [1.29, 1.82) is 0 Å². The minimum absolute atomic E-state index is 0.405. The van der Waals surface area contributed by atoms with Crippen LogP contribution in [-0.4, -0.2) is 99.3 Å². The predicted molar refractivity (Wildman–Crippen MR) is 80.8 cm³/mol. The largest absolute Gasteiger partial charge is 0.447 e. The summed E-state index contributed by atoms with van der Waals surface area (Å²) in [5, 5.41) is 0. The molecule has 0 aromatic heterocycles. The van der Waals surface area contributed by atoms with E-state index in [4.69, 9.17) is 9.47 Å². The average Bonchev–Trinajstić information content (AvgIpc) is 2.50. The number of nitrogens with zero attached hydrogens (tertiary/aromatic N) is 4. The van der Waals surface area contributed by atoms with Crippen LogP contribution in [0.4, 0.5) is 4.79 Å². The van der Waals surface area contributed by atoms with Crippen LogP contribution in [-0.2, 0) is 9.47 Å². The third-order valence-electron chi connectivity index (χ3n) is 3.95. The monoisotopic (exact) mass is 298 g/mol. The van der Waals surface area contributed by atoms with E-state index < -0.39 is 6.09 Å². The van der Waals surface area contributed by atoms with Gasteiger partial charge < -0.3 is 19.3 Å². The first-order valence-electron chi connectivity index (χ1n) is 7.61. The summed E-state index contributed by atoms with van der Waals surface area (Å²) in [5.41, 5.74) is 0. The third-order valence-corrected chi connectivity index (χ3v) is 3.95. The number of piperazine rings is 1. The van der Waals surface area contributed by atoms with Crippen molar-refractivity contribution in [2.24, 2.45) is 4.99 Å². The Morgan fingerprint density at radius 2 is 1.81 bits per heavy atom. The number of morpholine rings is 1. The lowest BCUT2D eigenvalue weighted by molar-refractivity contribution is 0.0674. The van der Waals surface area contributed by atoms with E-state index in [0.29, 0.717) is 25.7 Å². The fourth-order valence-corrected chi connectivity index (χ4v) is 2.46. The van der Waals surface area contributed by atoms with Gasteiger partial charge in [-0.25, -0.2) is 4.79 Å². The zero-order chi connectivity index (χ0) is 15.1. The van der Waals surface area contributed by atoms with Crippen LogP contribution in [0.2, 0.25) is 0 Å². The summed E-state index contributed by atoms with van der Waals surface area (Å²) in [6.07, 6.45) is -0.492. The summed E-state index contributed by atoms with van der Waals surface area (Å²) in [4.78, 5) is 22.4. The minimum Gasteiger partial charge on any atom is -0.447 e. The normalized spacial score (nSPS) is 22.4. The van der Waals surface area contributed by atoms with E-state index in [2.05, 4.69) is 21.8 Å². The number of hydrogen-bond acceptors (Lipinski definition) is 5. The van der Waals surface area contributed by atoms with Crippen LogP contribution in [0, 0.1) is 0 Å². The second-order valence-corrected chi connectivity index (χ2v) is 5.52. The number of aliphatic imine (C=N–C) groups is 1. The van der Waals surface area contributed by atoms with E-state index >= 15 is 0 Å². The van der Waals surface area contributed by atoms with Crippen LogP contribution < -0.4 is 0 Å². The van der Waals surface area contributed by atoms with Gasteiger partial charge in [-0.1, -0.05) is 0 Å². The lowest BCUT2D eigenvalue weighted by Crippen LogP contribution is -2.45. The van der Waals surface area contributed by atoms with Gasteiger partial charge in [0.1, 0.15) is 12.4 Å². The van der Waals surface area contributed by atoms with Gasteiger partial charge in [-0.15, -0.1) is 0 Å². The Bertz CT molecular complexity index is 361. The Hall–Kier alpha value is -1.18. The number of rotatable bonds is 3. The Kier molecular flexibility index (Phi) is 6.41. The first-order valence-corrected chi connectivity index (χ1v) is 7.61. The number of carbonyl (C=O) groups excluding carboxylic acids is 1. The van der Waals surface area contributed by atoms with Gasteiger partial charge in [0.2, 0.25) is 0 Å². The molecule has 0 unspecified atom stereocenters. The molecular weight excluding hydrogens is 272 g/mol. The van der Waals surface area contributed by atoms with Crippen LogP contribution >= 0.6 is 0 Å². The van der Waals surface area contributed by atoms with Crippen LogP contribution in [0.15, 0.2) is 4.99 Å². The molecule has 2 rings (SSSR count). The molecule has 2 saturated heterocycles. The maximum Gasteiger partial charge on any atom is 0.435 e. The summed E-state index contributed by atoms with van der Waals surface area (Å²) >= 11 is 0. The fraction of sp³-hybridized carbons (Fsp3) is 0.857. The van der Waals surface area contributed by atoms with Gasteiger partial charge in [0.15, 0.2) is 0 Å². The Labute approximate surface area is 126 Å². The van der Waals surface area contributed by atoms with Crippen molar-refractivity contribution < 1.29 is 14.3 Å². The Balaban J connectivity index is 1.64. The molecule has 1 amide bonds. The first kappa shape index (κ1) is 16.2. The molecule has 0 aromatic carbocycles. The molecule has 0 spiro atoms. The first-order chi connectivity index (χ1) is 10.1. The fourth-order valence-electron chi connectivity index (χ4n) is 2.46. The van der Waals surface area contributed by atoms with Gasteiger partial charge in [0.25, 0.3) is 0 Å². The van der Waals surface area contributed by atoms with Crippen molar-refractivity contribution in [3.8, 4) is 0 Å². The van der Waals surface area contributed by atoms with Crippen LogP contribution in [0.3, 0.4) is 0 Å². The van der Waals surface area contributed by atoms with Gasteiger partial charge in [0.05, 0.1) is 13.2 Å². The van der Waals surface area contributed by atoms with E-state index in [0.717, 1.165) is 45.8 Å². The van der Waals surface area contributed by atoms with Gasteiger partial charge >= 0.3 is 6.09 Å². The van der Waals surface area contributed by atoms with Crippen molar-refractivity contribution in [3.05, 3.63) is 0 Å². The molecule has 2 aliphatic heterocycles. The molecule has 0 radical (unpaired) electrons. The standard InChI is InChI=1S/C14H26N4O3/c1-13(18-8-10-20-11-9-18)15-14(19)21-12-7-17-5-3-16(2)4-6-17/h3-12H2,1-2H3/b15-13-. The van der Waals surface area contributed by atoms with E-state index in [1.54, 1.807) is 0 Å². The molecular formula is C14H26N4O3. The third kappa shape index (κ3) is 5.61. The van der Waals surface area contributed by atoms with E-state index in [9.17, 15) is 4.79 Å². The van der Waals surface area contributed by atoms with E-state index in [-0.39, 0.29) is 0 Å². The van der Waals surface area contributed by atoms with Crippen molar-refractivity contribution in [2.45, 2.75) is 6.92 Å². The van der Waals surface area contributed by atoms with Crippen molar-refractivity contribution in [2.75, 3.05) is 72.7 Å². The SMILES string of the molecule is C/C(=N/C(=O)OCCN1CCN(C)CC1)N1CCOCC1. The number of hydrogen-bond donors (Lipinski definition) is 0. The highest BCUT2D eigenvalue weighted by atomic mass is 16.5. The topological polar surface area (TPSA) is 57.6 Å². The highest BCUT2D eigenvalue weighted by Gasteiger charge is 2.15. The number of amides is 1. The average molecular weight is 298 g/mol. The molecule has 2 fully saturated rings. The van der Waals surface area contributed by atoms with Crippen LogP contribution in [0.5, 0.6) is 0 Å². The van der Waals surface area contributed by atoms with Gasteiger partial charge in [0, 0.05) is 45.8 Å². The number of carbonyl (C=O) groups is 1. The van der Waals surface area contributed by atoms with E-state index in [1.807, 2.05) is 11.8 Å². The van der Waals surface area contributed by atoms with Crippen molar-refractivity contribution in [3.63, 3.8) is 0 Å². The highest BCUT2D eigenvalue weighted by Crippen LogP contribution is 2.01. The van der Waals surface area contributed by atoms with Gasteiger partial charge in [-0.3, -0.25) is 4.90 Å². The number of ether oxygens (including phenoxy) is 2. The highest BCUT2D eigenvalue weighted by molar-refractivity contribution is 5.90. The summed E-state index contributed by atoms with van der Waals surface area (Å²) in [6.45, 7) is 10.2. The molecule has 21 heavy (non-hydrogen) atoms. The molecule has 0 bridgehead atoms. The smallest absolute Gasteiger partial charge is 0.435 e. The summed E-state index contributed by atoms with van der Waals surface area (Å²) in [6, 6.07) is 0. The Morgan fingerprint density at radius 3 is 2.48 bits per heavy atom. The number of likely N-dealkylation sites (N-methyl/N-ethyl adjacent to an activating group) is 1. The molecule has 0 aromatic rings. The Morgan fingerprint density at radius 1 is 1.14 bits per heavy atom. The molecule has 0 N–H and O–H groups in total. The summed E-state index contributed by atoms with van der Waals surface area (Å²) < 4.78 is 10.5. The van der Waals surface area contributed by atoms with Crippen molar-refractivity contribution in [1.82, 2.24) is 14.7 Å². The van der Waals surface area contributed by atoms with E-state index in [1.165, 1.54) is 0 Å². The van der Waals surface area contributed by atoms with Gasteiger partial charge in [-0.2, -0.15) is 4.99 Å². The lowest BCUT2D eigenvalue weighted by Gasteiger charge is -2.31. The van der Waals surface area contributed by atoms with Gasteiger partial charge in [-0.05, 0) is 14.0 Å². The molecule has 120 valence electrons. The quantitative estimate of drug-likeness (QED) is 0.545. The molecule has 7 heteroatoms. The summed E-state index contributed by atoms with van der Waals surface area (Å²) in [7, 11) is 2.13. The summed E-state index contributed by atoms with van der Waals surface area (Å²) in [5.74, 6) is 0.711.